The van der Waals surface area contributed by atoms with Crippen LogP contribution in [-0.2, 0) is 4.74 Å². The van der Waals surface area contributed by atoms with E-state index in [9.17, 15) is 5.11 Å². The Morgan fingerprint density at radius 1 is 1.24 bits per heavy atom. The molecule has 0 radical (unpaired) electrons. The van der Waals surface area contributed by atoms with E-state index in [0.717, 1.165) is 49.7 Å². The Balaban J connectivity index is 1.76. The highest BCUT2D eigenvalue weighted by Gasteiger charge is 2.50. The summed E-state index contributed by atoms with van der Waals surface area (Å²) in [6.07, 6.45) is 4.49. The van der Waals surface area contributed by atoms with E-state index in [1.165, 1.54) is 12.8 Å². The molecule has 2 saturated carbocycles. The topological polar surface area (TPSA) is 29.5 Å². The van der Waals surface area contributed by atoms with Crippen molar-refractivity contribution in [3.8, 4) is 0 Å². The van der Waals surface area contributed by atoms with Gasteiger partial charge in [-0.2, -0.15) is 0 Å². The van der Waals surface area contributed by atoms with Crippen molar-refractivity contribution in [2.75, 3.05) is 13.2 Å². The molecule has 0 heterocycles. The van der Waals surface area contributed by atoms with Crippen LogP contribution in [0.1, 0.15) is 46.5 Å². The smallest absolute Gasteiger partial charge is 0.0572 e. The molecule has 2 heteroatoms. The summed E-state index contributed by atoms with van der Waals surface area (Å²) in [5, 5.41) is 10.3. The molecule has 0 aromatic carbocycles. The maximum atomic E-state index is 10.3. The fraction of sp³-hybridized carbons (Fsp3) is 1.00. The van der Waals surface area contributed by atoms with Gasteiger partial charge in [-0.1, -0.05) is 13.8 Å². The quantitative estimate of drug-likeness (QED) is 0.723. The molecule has 2 nitrogen and oxygen atoms in total. The number of hydrogen-bond acceptors (Lipinski definition) is 2. The van der Waals surface area contributed by atoms with Crippen molar-refractivity contribution in [2.45, 2.75) is 52.6 Å². The minimum Gasteiger partial charge on any atom is -0.393 e. The summed E-state index contributed by atoms with van der Waals surface area (Å²) in [6.45, 7) is 8.40. The largest absolute Gasteiger partial charge is 0.393 e. The summed E-state index contributed by atoms with van der Waals surface area (Å²) in [4.78, 5) is 0. The second-order valence-electron chi connectivity index (χ2n) is 6.18. The predicted octanol–water partition coefficient (Wildman–Crippen LogP) is 3.09. The van der Waals surface area contributed by atoms with Crippen LogP contribution in [0.2, 0.25) is 0 Å². The fourth-order valence-corrected chi connectivity index (χ4v) is 4.19. The van der Waals surface area contributed by atoms with Gasteiger partial charge in [-0.05, 0) is 62.2 Å². The van der Waals surface area contributed by atoms with Crippen molar-refractivity contribution in [1.29, 1.82) is 0 Å². The lowest BCUT2D eigenvalue weighted by Gasteiger charge is -2.34. The van der Waals surface area contributed by atoms with Crippen LogP contribution in [0.3, 0.4) is 0 Å². The first-order valence-electron chi connectivity index (χ1n) is 7.41. The monoisotopic (exact) mass is 240 g/mol. The van der Waals surface area contributed by atoms with Gasteiger partial charge in [0, 0.05) is 13.2 Å². The van der Waals surface area contributed by atoms with Crippen LogP contribution in [0, 0.1) is 29.6 Å². The lowest BCUT2D eigenvalue weighted by Crippen LogP contribution is -2.32. The van der Waals surface area contributed by atoms with Gasteiger partial charge >= 0.3 is 0 Å². The molecule has 0 saturated heterocycles. The highest BCUT2D eigenvalue weighted by Crippen LogP contribution is 2.56. The molecule has 0 spiro atoms. The van der Waals surface area contributed by atoms with Gasteiger partial charge < -0.3 is 9.84 Å². The van der Waals surface area contributed by atoms with E-state index in [0.29, 0.717) is 5.92 Å². The van der Waals surface area contributed by atoms with E-state index >= 15 is 0 Å². The fourth-order valence-electron chi connectivity index (χ4n) is 4.19. The van der Waals surface area contributed by atoms with Crippen molar-refractivity contribution in [3.05, 3.63) is 0 Å². The zero-order chi connectivity index (χ0) is 12.4. The molecular formula is C15H28O2. The predicted molar refractivity (Wildman–Crippen MR) is 69.8 cm³/mol. The van der Waals surface area contributed by atoms with E-state index < -0.39 is 0 Å². The van der Waals surface area contributed by atoms with Crippen molar-refractivity contribution < 1.29 is 9.84 Å². The summed E-state index contributed by atoms with van der Waals surface area (Å²) < 4.78 is 5.34. The zero-order valence-corrected chi connectivity index (χ0v) is 11.6. The highest BCUT2D eigenvalue weighted by molar-refractivity contribution is 4.99. The minimum atomic E-state index is -0.0830. The minimum absolute atomic E-state index is 0.0830. The molecular weight excluding hydrogens is 212 g/mol. The molecule has 17 heavy (non-hydrogen) atoms. The highest BCUT2D eigenvalue weighted by atomic mass is 16.5. The van der Waals surface area contributed by atoms with Crippen LogP contribution in [0.25, 0.3) is 0 Å². The van der Waals surface area contributed by atoms with Crippen molar-refractivity contribution >= 4 is 0 Å². The molecule has 0 amide bonds. The molecule has 2 fully saturated rings. The number of ether oxygens (including phenoxy) is 1. The van der Waals surface area contributed by atoms with Crippen LogP contribution >= 0.6 is 0 Å². The molecule has 6 unspecified atom stereocenters. The summed E-state index contributed by atoms with van der Waals surface area (Å²) in [5.74, 6) is 3.96. The standard InChI is InChI=1S/C15H28O2/c1-4-17-7-5-6-15(16)14-9-12-8-13(14)11(3)10(12)2/h10-16H,4-9H2,1-3H3. The Bertz CT molecular complexity index is 239. The first-order chi connectivity index (χ1) is 8.15. The molecule has 2 aliphatic rings. The van der Waals surface area contributed by atoms with Gasteiger partial charge in [0.2, 0.25) is 0 Å². The summed E-state index contributed by atoms with van der Waals surface area (Å²) in [5.41, 5.74) is 0. The van der Waals surface area contributed by atoms with Crippen molar-refractivity contribution in [2.24, 2.45) is 29.6 Å². The Labute approximate surface area is 106 Å². The Kier molecular flexibility index (Phi) is 4.48. The van der Waals surface area contributed by atoms with Gasteiger partial charge in [0.1, 0.15) is 0 Å². The molecule has 1 N–H and O–H groups in total. The average molecular weight is 240 g/mol. The SMILES string of the molecule is CCOCCCC(O)C1CC2CC1C(C)C2C. The van der Waals surface area contributed by atoms with E-state index in [-0.39, 0.29) is 6.10 Å². The Hall–Kier alpha value is -0.0800. The van der Waals surface area contributed by atoms with Gasteiger partial charge in [0.15, 0.2) is 0 Å². The molecule has 2 rings (SSSR count). The van der Waals surface area contributed by atoms with E-state index in [4.69, 9.17) is 4.74 Å². The lowest BCUT2D eigenvalue weighted by molar-refractivity contribution is 0.0310. The summed E-state index contributed by atoms with van der Waals surface area (Å²) >= 11 is 0. The van der Waals surface area contributed by atoms with Gasteiger partial charge in [-0.25, -0.2) is 0 Å². The summed E-state index contributed by atoms with van der Waals surface area (Å²) in [7, 11) is 0. The number of hydrogen-bond donors (Lipinski definition) is 1. The third-order valence-electron chi connectivity index (χ3n) is 5.43. The Morgan fingerprint density at radius 3 is 2.59 bits per heavy atom. The number of rotatable bonds is 6. The molecule has 6 atom stereocenters. The van der Waals surface area contributed by atoms with E-state index in [2.05, 4.69) is 13.8 Å². The molecule has 0 aliphatic heterocycles. The normalized spacial score (nSPS) is 42.0. The Morgan fingerprint density at radius 2 is 2.00 bits per heavy atom. The average Bonchev–Trinajstić information content (AvgIpc) is 2.86. The van der Waals surface area contributed by atoms with Crippen molar-refractivity contribution in [3.63, 3.8) is 0 Å². The molecule has 100 valence electrons. The molecule has 2 bridgehead atoms. The molecule has 0 aromatic heterocycles. The van der Waals surface area contributed by atoms with Gasteiger partial charge in [-0.3, -0.25) is 0 Å². The first kappa shape index (κ1) is 13.4. The number of fused-ring (bicyclic) bond motifs is 2. The van der Waals surface area contributed by atoms with Gasteiger partial charge in [-0.15, -0.1) is 0 Å². The van der Waals surface area contributed by atoms with Crippen LogP contribution < -0.4 is 0 Å². The lowest BCUT2D eigenvalue weighted by atomic mass is 9.73. The second kappa shape index (κ2) is 5.71. The number of aliphatic hydroxyl groups excluding tert-OH is 1. The summed E-state index contributed by atoms with van der Waals surface area (Å²) in [6, 6.07) is 0. The zero-order valence-electron chi connectivity index (χ0n) is 11.6. The van der Waals surface area contributed by atoms with Crippen LogP contribution in [-0.4, -0.2) is 24.4 Å². The van der Waals surface area contributed by atoms with Crippen LogP contribution in [0.5, 0.6) is 0 Å². The van der Waals surface area contributed by atoms with Crippen molar-refractivity contribution in [1.82, 2.24) is 0 Å². The van der Waals surface area contributed by atoms with Crippen LogP contribution in [0.15, 0.2) is 0 Å². The van der Waals surface area contributed by atoms with Gasteiger partial charge in [0.05, 0.1) is 6.10 Å². The van der Waals surface area contributed by atoms with E-state index in [1.54, 1.807) is 0 Å². The van der Waals surface area contributed by atoms with E-state index in [1.807, 2.05) is 6.92 Å². The third kappa shape index (κ3) is 2.68. The number of aliphatic hydroxyl groups is 1. The second-order valence-corrected chi connectivity index (χ2v) is 6.18. The maximum Gasteiger partial charge on any atom is 0.0572 e. The maximum absolute atomic E-state index is 10.3. The molecule has 2 aliphatic carbocycles. The van der Waals surface area contributed by atoms with Gasteiger partial charge in [0.25, 0.3) is 0 Å². The first-order valence-corrected chi connectivity index (χ1v) is 7.41. The third-order valence-corrected chi connectivity index (χ3v) is 5.43. The van der Waals surface area contributed by atoms with Crippen LogP contribution in [0.4, 0.5) is 0 Å². The molecule has 0 aromatic rings.